The maximum atomic E-state index is 11.6. The maximum Gasteiger partial charge on any atom is 0.230 e. The van der Waals surface area contributed by atoms with Crippen molar-refractivity contribution < 1.29 is 24.1 Å². The Balaban J connectivity index is 1.82. The van der Waals surface area contributed by atoms with Gasteiger partial charge in [0.2, 0.25) is 22.5 Å². The molecule has 0 saturated carbocycles. The minimum atomic E-state index is -0.323. The average molecular weight is 448 g/mol. The first-order chi connectivity index (χ1) is 15.0. The van der Waals surface area contributed by atoms with Crippen LogP contribution < -0.4 is 19.9 Å². The number of carbonyl (C=O) groups excluding carboxylic acids is 1. The molecule has 31 heavy (non-hydrogen) atoms. The molecule has 1 atom stereocenters. The molecule has 1 amide bonds. The monoisotopic (exact) mass is 447 g/mol. The summed E-state index contributed by atoms with van der Waals surface area (Å²) in [5.74, 6) is 1.15. The summed E-state index contributed by atoms with van der Waals surface area (Å²) in [7, 11) is 4.68. The van der Waals surface area contributed by atoms with E-state index in [4.69, 9.17) is 19.9 Å². The van der Waals surface area contributed by atoms with Gasteiger partial charge in [-0.2, -0.15) is 9.61 Å². The van der Waals surface area contributed by atoms with E-state index in [2.05, 4.69) is 15.0 Å². The number of hydrogen-bond donors (Lipinski definition) is 2. The second-order valence-corrected chi connectivity index (χ2v) is 8.33. The number of rotatable bonds is 7. The Kier molecular flexibility index (Phi) is 5.88. The summed E-state index contributed by atoms with van der Waals surface area (Å²) < 4.78 is 18.0. The number of thiazole rings is 1. The number of nitrogens with two attached hydrogens (primary N) is 1. The zero-order valence-corrected chi connectivity index (χ0v) is 18.4. The topological polar surface area (TPSA) is 124 Å². The van der Waals surface area contributed by atoms with Crippen molar-refractivity contribution in [1.29, 1.82) is 0 Å². The molecule has 1 fully saturated rings. The number of hydrogen-bond acceptors (Lipinski definition) is 9. The molecule has 0 spiro atoms. The molecular weight excluding hydrogens is 422 g/mol. The van der Waals surface area contributed by atoms with Crippen molar-refractivity contribution in [1.82, 2.24) is 19.5 Å². The van der Waals surface area contributed by atoms with Crippen molar-refractivity contribution in [3.63, 3.8) is 0 Å². The number of aromatic nitrogens is 3. The van der Waals surface area contributed by atoms with Crippen LogP contribution in [0.25, 0.3) is 4.96 Å². The van der Waals surface area contributed by atoms with Crippen LogP contribution in [0.3, 0.4) is 0 Å². The van der Waals surface area contributed by atoms with Gasteiger partial charge in [-0.15, -0.1) is 0 Å². The van der Waals surface area contributed by atoms with Crippen molar-refractivity contribution in [3.8, 4) is 23.1 Å². The average Bonchev–Trinajstić information content (AvgIpc) is 3.36. The molecule has 1 unspecified atom stereocenters. The number of likely N-dealkylation sites (tertiary alicyclic amines) is 1. The van der Waals surface area contributed by atoms with Gasteiger partial charge in [-0.3, -0.25) is 9.69 Å². The molecule has 1 aliphatic heterocycles. The van der Waals surface area contributed by atoms with Gasteiger partial charge in [0.1, 0.15) is 6.33 Å². The van der Waals surface area contributed by atoms with E-state index >= 15 is 0 Å². The molecule has 1 aromatic carbocycles. The minimum Gasteiger partial charge on any atom is -0.493 e. The summed E-state index contributed by atoms with van der Waals surface area (Å²) >= 11 is 1.36. The highest BCUT2D eigenvalue weighted by atomic mass is 32.1. The van der Waals surface area contributed by atoms with E-state index in [1.807, 2.05) is 12.1 Å². The molecule has 3 aromatic rings. The molecule has 1 aliphatic rings. The minimum absolute atomic E-state index is 0.0354. The first-order valence-corrected chi connectivity index (χ1v) is 10.6. The van der Waals surface area contributed by atoms with Crippen molar-refractivity contribution in [2.75, 3.05) is 34.4 Å². The molecule has 1 saturated heterocycles. The number of nitrogens with zero attached hydrogens (tertiary/aromatic N) is 4. The van der Waals surface area contributed by atoms with Crippen LogP contribution in [0.2, 0.25) is 0 Å². The second-order valence-electron chi connectivity index (χ2n) is 7.32. The van der Waals surface area contributed by atoms with Gasteiger partial charge in [0.05, 0.1) is 32.2 Å². The van der Waals surface area contributed by atoms with Gasteiger partial charge in [0.15, 0.2) is 11.5 Å². The van der Waals surface area contributed by atoms with Gasteiger partial charge in [-0.05, 0) is 43.6 Å². The third kappa shape index (κ3) is 3.74. The Hall–Kier alpha value is -3.05. The Bertz CT molecular complexity index is 1060. The van der Waals surface area contributed by atoms with Crippen LogP contribution in [0, 0.1) is 5.92 Å². The van der Waals surface area contributed by atoms with Crippen LogP contribution in [0.4, 0.5) is 0 Å². The number of carbonyl (C=O) groups is 1. The van der Waals surface area contributed by atoms with Crippen LogP contribution >= 0.6 is 11.3 Å². The Morgan fingerprint density at radius 2 is 1.84 bits per heavy atom. The number of piperidine rings is 1. The van der Waals surface area contributed by atoms with Crippen LogP contribution in [0.1, 0.15) is 29.3 Å². The Morgan fingerprint density at radius 1 is 1.19 bits per heavy atom. The van der Waals surface area contributed by atoms with E-state index in [9.17, 15) is 9.90 Å². The van der Waals surface area contributed by atoms with Crippen molar-refractivity contribution in [3.05, 3.63) is 28.9 Å². The van der Waals surface area contributed by atoms with Crippen molar-refractivity contribution >= 4 is 22.2 Å². The molecular formula is C20H25N5O5S. The second kappa shape index (κ2) is 8.60. The van der Waals surface area contributed by atoms with Gasteiger partial charge in [0, 0.05) is 5.92 Å². The van der Waals surface area contributed by atoms with Crippen LogP contribution in [0.5, 0.6) is 23.1 Å². The predicted octanol–water partition coefficient (Wildman–Crippen LogP) is 1.81. The molecule has 0 aliphatic carbocycles. The van der Waals surface area contributed by atoms with Crippen LogP contribution in [-0.2, 0) is 4.79 Å². The van der Waals surface area contributed by atoms with Crippen molar-refractivity contribution in [2.24, 2.45) is 11.7 Å². The third-order valence-corrected chi connectivity index (χ3v) is 6.77. The zero-order valence-electron chi connectivity index (χ0n) is 17.6. The fraction of sp³-hybridized carbons (Fsp3) is 0.450. The van der Waals surface area contributed by atoms with Crippen molar-refractivity contribution in [2.45, 2.75) is 18.9 Å². The smallest absolute Gasteiger partial charge is 0.230 e. The summed E-state index contributed by atoms with van der Waals surface area (Å²) in [6, 6.07) is 3.43. The Morgan fingerprint density at radius 3 is 2.35 bits per heavy atom. The van der Waals surface area contributed by atoms with E-state index in [-0.39, 0.29) is 23.7 Å². The van der Waals surface area contributed by atoms with E-state index in [0.29, 0.717) is 53.0 Å². The van der Waals surface area contributed by atoms with Crippen LogP contribution in [-0.4, -0.2) is 64.9 Å². The molecule has 0 radical (unpaired) electrons. The lowest BCUT2D eigenvalue weighted by Gasteiger charge is -2.36. The lowest BCUT2D eigenvalue weighted by molar-refractivity contribution is -0.123. The number of aromatic hydroxyl groups is 1. The number of amides is 1. The number of primary amides is 1. The van der Waals surface area contributed by atoms with Gasteiger partial charge >= 0.3 is 0 Å². The van der Waals surface area contributed by atoms with Gasteiger partial charge in [0.25, 0.3) is 0 Å². The van der Waals surface area contributed by atoms with E-state index < -0.39 is 0 Å². The molecule has 0 bridgehead atoms. The molecule has 3 heterocycles. The van der Waals surface area contributed by atoms with E-state index in [0.717, 1.165) is 5.56 Å². The summed E-state index contributed by atoms with van der Waals surface area (Å²) in [6.45, 7) is 1.28. The summed E-state index contributed by atoms with van der Waals surface area (Å²) in [6.07, 6.45) is 2.71. The molecule has 4 rings (SSSR count). The zero-order chi connectivity index (χ0) is 22.1. The standard InChI is InChI=1S/C20H25N5O5S/c1-28-13-8-12(9-14(29-2)16(13)30-3)15(24-6-4-11(5-7-24)18(21)26)17-19(27)25-20(31-17)22-10-23-25/h8-11,15,27H,4-7H2,1-3H3,(H2,21,26). The Labute approximate surface area is 183 Å². The summed E-state index contributed by atoms with van der Waals surface area (Å²) in [5.41, 5.74) is 6.37. The highest BCUT2D eigenvalue weighted by Gasteiger charge is 2.34. The summed E-state index contributed by atoms with van der Waals surface area (Å²) in [5, 5.41) is 15.0. The molecule has 11 heteroatoms. The first-order valence-electron chi connectivity index (χ1n) is 9.83. The lowest BCUT2D eigenvalue weighted by Crippen LogP contribution is -2.40. The van der Waals surface area contributed by atoms with E-state index in [1.165, 1.54) is 22.2 Å². The molecule has 2 aromatic heterocycles. The SMILES string of the molecule is COc1cc(C(c2sc3ncnn3c2O)N2CCC(C(N)=O)CC2)cc(OC)c1OC. The van der Waals surface area contributed by atoms with E-state index in [1.54, 1.807) is 21.3 Å². The largest absolute Gasteiger partial charge is 0.493 e. The predicted molar refractivity (Wildman–Crippen MR) is 114 cm³/mol. The number of fused-ring (bicyclic) bond motifs is 1. The summed E-state index contributed by atoms with van der Waals surface area (Å²) in [4.78, 5) is 19.4. The van der Waals surface area contributed by atoms with Gasteiger partial charge in [-0.1, -0.05) is 11.3 Å². The fourth-order valence-electron chi connectivity index (χ4n) is 4.10. The normalized spacial score (nSPS) is 16.4. The van der Waals surface area contributed by atoms with Crippen LogP contribution in [0.15, 0.2) is 18.5 Å². The number of methoxy groups -OCH3 is 3. The molecule has 166 valence electrons. The highest BCUT2D eigenvalue weighted by Crippen LogP contribution is 2.46. The number of benzene rings is 1. The third-order valence-electron chi connectivity index (χ3n) is 5.69. The number of ether oxygens (including phenoxy) is 3. The fourth-order valence-corrected chi connectivity index (χ4v) is 5.19. The van der Waals surface area contributed by atoms with Gasteiger partial charge < -0.3 is 25.1 Å². The lowest BCUT2D eigenvalue weighted by atomic mass is 9.93. The maximum absolute atomic E-state index is 11.6. The first kappa shape index (κ1) is 21.2. The van der Waals surface area contributed by atoms with Gasteiger partial charge in [-0.25, -0.2) is 4.98 Å². The highest BCUT2D eigenvalue weighted by molar-refractivity contribution is 7.17. The molecule has 3 N–H and O–H groups in total. The quantitative estimate of drug-likeness (QED) is 0.562. The molecule has 10 nitrogen and oxygen atoms in total.